The summed E-state index contributed by atoms with van der Waals surface area (Å²) in [6.07, 6.45) is 3.14. The highest BCUT2D eigenvalue weighted by Crippen LogP contribution is 2.22. The Bertz CT molecular complexity index is 737. The van der Waals surface area contributed by atoms with E-state index < -0.39 is 0 Å². The van der Waals surface area contributed by atoms with Crippen LogP contribution in [-0.4, -0.2) is 27.6 Å². The van der Waals surface area contributed by atoms with E-state index in [-0.39, 0.29) is 17.8 Å². The first-order valence-electron chi connectivity index (χ1n) is 7.20. The average molecular weight is 336 g/mol. The fraction of sp³-hybridized carbons (Fsp3) is 0.294. The van der Waals surface area contributed by atoms with E-state index in [0.717, 1.165) is 16.8 Å². The Kier molecular flexibility index (Phi) is 5.21. The van der Waals surface area contributed by atoms with E-state index in [9.17, 15) is 9.18 Å². The number of benzene rings is 1. The second-order valence-electron chi connectivity index (χ2n) is 5.42. The summed E-state index contributed by atoms with van der Waals surface area (Å²) in [5.41, 5.74) is 2.35. The van der Waals surface area contributed by atoms with E-state index in [1.165, 1.54) is 18.2 Å². The van der Waals surface area contributed by atoms with Crippen LogP contribution in [0.25, 0.3) is 6.08 Å². The van der Waals surface area contributed by atoms with E-state index in [1.54, 1.807) is 41.9 Å². The third kappa shape index (κ3) is 3.79. The summed E-state index contributed by atoms with van der Waals surface area (Å²) in [5, 5.41) is 4.68. The molecule has 0 saturated carbocycles. The van der Waals surface area contributed by atoms with Gasteiger partial charge in [0.15, 0.2) is 0 Å². The maximum absolute atomic E-state index is 13.0. The first-order valence-corrected chi connectivity index (χ1v) is 7.58. The van der Waals surface area contributed by atoms with E-state index >= 15 is 0 Å². The van der Waals surface area contributed by atoms with Gasteiger partial charge >= 0.3 is 0 Å². The zero-order valence-corrected chi connectivity index (χ0v) is 14.3. The van der Waals surface area contributed by atoms with Crippen molar-refractivity contribution in [3.05, 3.63) is 58.1 Å². The van der Waals surface area contributed by atoms with Gasteiger partial charge in [-0.3, -0.25) is 9.48 Å². The Morgan fingerprint density at radius 1 is 1.39 bits per heavy atom. The minimum absolute atomic E-state index is 0.166. The molecule has 6 heteroatoms. The number of aromatic nitrogens is 2. The van der Waals surface area contributed by atoms with Crippen LogP contribution in [0.1, 0.15) is 29.8 Å². The number of hydrogen-bond donors (Lipinski definition) is 0. The third-order valence-corrected chi connectivity index (χ3v) is 4.32. The molecule has 0 N–H and O–H groups in total. The standard InChI is InChI=1S/C17H19ClFN3O/c1-11-15(17(18)22(4)20-11)9-10-16(23)21(3)12(2)13-5-7-14(19)8-6-13/h5-10,12H,1-4H3/b10-9+. The van der Waals surface area contributed by atoms with Gasteiger partial charge in [0.25, 0.3) is 0 Å². The van der Waals surface area contributed by atoms with Crippen LogP contribution >= 0.6 is 11.6 Å². The molecule has 1 aromatic heterocycles. The fourth-order valence-corrected chi connectivity index (χ4v) is 2.50. The summed E-state index contributed by atoms with van der Waals surface area (Å²) in [4.78, 5) is 13.9. The number of amides is 1. The van der Waals surface area contributed by atoms with Crippen LogP contribution in [0, 0.1) is 12.7 Å². The van der Waals surface area contributed by atoms with Gasteiger partial charge in [-0.2, -0.15) is 5.10 Å². The van der Waals surface area contributed by atoms with Gasteiger partial charge in [-0.15, -0.1) is 0 Å². The first kappa shape index (κ1) is 17.2. The number of aryl methyl sites for hydroxylation is 2. The highest BCUT2D eigenvalue weighted by atomic mass is 35.5. The summed E-state index contributed by atoms with van der Waals surface area (Å²) in [6.45, 7) is 3.72. The van der Waals surface area contributed by atoms with Crippen LogP contribution in [0.3, 0.4) is 0 Å². The predicted molar refractivity (Wildman–Crippen MR) is 89.6 cm³/mol. The van der Waals surface area contributed by atoms with Crippen molar-refractivity contribution >= 4 is 23.6 Å². The van der Waals surface area contributed by atoms with E-state index in [0.29, 0.717) is 5.15 Å². The molecule has 1 unspecified atom stereocenters. The molecule has 0 fully saturated rings. The van der Waals surface area contributed by atoms with Gasteiger partial charge in [-0.25, -0.2) is 4.39 Å². The normalized spacial score (nSPS) is 12.6. The summed E-state index contributed by atoms with van der Waals surface area (Å²) >= 11 is 6.14. The number of carbonyl (C=O) groups excluding carboxylic acids is 1. The monoisotopic (exact) mass is 335 g/mol. The van der Waals surface area contributed by atoms with Gasteiger partial charge in [-0.1, -0.05) is 23.7 Å². The predicted octanol–water partition coefficient (Wildman–Crippen LogP) is 3.75. The van der Waals surface area contributed by atoms with Crippen molar-refractivity contribution in [3.8, 4) is 0 Å². The van der Waals surface area contributed by atoms with Gasteiger partial charge in [0, 0.05) is 25.7 Å². The second-order valence-corrected chi connectivity index (χ2v) is 5.78. The Balaban J connectivity index is 2.13. The van der Waals surface area contributed by atoms with Gasteiger partial charge < -0.3 is 4.90 Å². The molecule has 0 bridgehead atoms. The van der Waals surface area contributed by atoms with Crippen molar-refractivity contribution in [2.75, 3.05) is 7.05 Å². The number of rotatable bonds is 4. The van der Waals surface area contributed by atoms with Gasteiger partial charge in [0.1, 0.15) is 11.0 Å². The maximum atomic E-state index is 13.0. The molecule has 1 heterocycles. The molecule has 4 nitrogen and oxygen atoms in total. The van der Waals surface area contributed by atoms with Crippen LogP contribution < -0.4 is 0 Å². The number of hydrogen-bond acceptors (Lipinski definition) is 2. The molecule has 0 spiro atoms. The number of halogens is 2. The lowest BCUT2D eigenvalue weighted by Gasteiger charge is -2.24. The van der Waals surface area contributed by atoms with Gasteiger partial charge in [0.05, 0.1) is 11.7 Å². The topological polar surface area (TPSA) is 38.1 Å². The molecule has 0 aliphatic rings. The van der Waals surface area contributed by atoms with Gasteiger partial charge in [-0.05, 0) is 37.6 Å². The Morgan fingerprint density at radius 2 is 2.00 bits per heavy atom. The van der Waals surface area contributed by atoms with Crippen molar-refractivity contribution in [2.45, 2.75) is 19.9 Å². The molecule has 2 rings (SSSR count). The Labute approximate surface area is 140 Å². The molecule has 122 valence electrons. The van der Waals surface area contributed by atoms with Crippen molar-refractivity contribution in [1.29, 1.82) is 0 Å². The van der Waals surface area contributed by atoms with Crippen molar-refractivity contribution in [2.24, 2.45) is 7.05 Å². The van der Waals surface area contributed by atoms with Crippen molar-refractivity contribution in [3.63, 3.8) is 0 Å². The molecule has 1 amide bonds. The van der Waals surface area contributed by atoms with Crippen LogP contribution in [0.4, 0.5) is 4.39 Å². The van der Waals surface area contributed by atoms with Gasteiger partial charge in [0.2, 0.25) is 5.91 Å². The maximum Gasteiger partial charge on any atom is 0.246 e. The molecular formula is C17H19ClFN3O. The van der Waals surface area contributed by atoms with E-state index in [1.807, 2.05) is 13.8 Å². The van der Waals surface area contributed by atoms with Crippen LogP contribution in [0.15, 0.2) is 30.3 Å². The lowest BCUT2D eigenvalue weighted by Crippen LogP contribution is -2.27. The highest BCUT2D eigenvalue weighted by Gasteiger charge is 2.16. The summed E-state index contributed by atoms with van der Waals surface area (Å²) < 4.78 is 14.5. The molecule has 0 aliphatic carbocycles. The van der Waals surface area contributed by atoms with Crippen molar-refractivity contribution in [1.82, 2.24) is 14.7 Å². The number of likely N-dealkylation sites (N-methyl/N-ethyl adjacent to an activating group) is 1. The molecule has 23 heavy (non-hydrogen) atoms. The lowest BCUT2D eigenvalue weighted by molar-refractivity contribution is -0.126. The zero-order chi connectivity index (χ0) is 17.1. The zero-order valence-electron chi connectivity index (χ0n) is 13.5. The minimum Gasteiger partial charge on any atom is -0.335 e. The summed E-state index contributed by atoms with van der Waals surface area (Å²) in [6, 6.07) is 5.96. The molecule has 1 aromatic carbocycles. The number of carbonyl (C=O) groups is 1. The fourth-order valence-electron chi connectivity index (χ4n) is 2.26. The molecule has 0 aliphatic heterocycles. The first-order chi connectivity index (χ1) is 10.8. The largest absolute Gasteiger partial charge is 0.335 e. The van der Waals surface area contributed by atoms with Crippen LogP contribution in [0.2, 0.25) is 5.15 Å². The third-order valence-electron chi connectivity index (χ3n) is 3.87. The molecule has 2 aromatic rings. The van der Waals surface area contributed by atoms with Crippen LogP contribution in [0.5, 0.6) is 0 Å². The molecule has 0 radical (unpaired) electrons. The molecular weight excluding hydrogens is 317 g/mol. The lowest BCUT2D eigenvalue weighted by atomic mass is 10.1. The molecule has 1 atom stereocenters. The highest BCUT2D eigenvalue weighted by molar-refractivity contribution is 6.31. The summed E-state index contributed by atoms with van der Waals surface area (Å²) in [7, 11) is 3.45. The summed E-state index contributed by atoms with van der Waals surface area (Å²) in [5.74, 6) is -0.460. The Morgan fingerprint density at radius 3 is 2.52 bits per heavy atom. The average Bonchev–Trinajstić information content (AvgIpc) is 2.77. The quantitative estimate of drug-likeness (QED) is 0.798. The molecule has 0 saturated heterocycles. The second kappa shape index (κ2) is 6.96. The smallest absolute Gasteiger partial charge is 0.246 e. The Hall–Kier alpha value is -2.14. The SMILES string of the molecule is Cc1nn(C)c(Cl)c1/C=C/C(=O)N(C)C(C)c1ccc(F)cc1. The van der Waals surface area contributed by atoms with E-state index in [4.69, 9.17) is 11.6 Å². The van der Waals surface area contributed by atoms with Crippen molar-refractivity contribution < 1.29 is 9.18 Å². The van der Waals surface area contributed by atoms with E-state index in [2.05, 4.69) is 5.10 Å². The van der Waals surface area contributed by atoms with Crippen LogP contribution in [-0.2, 0) is 11.8 Å². The number of nitrogens with zero attached hydrogens (tertiary/aromatic N) is 3. The minimum atomic E-state index is -0.295.